The summed E-state index contributed by atoms with van der Waals surface area (Å²) in [6, 6.07) is 0.593. The van der Waals surface area contributed by atoms with Crippen LogP contribution in [0.4, 0.5) is 0 Å². The molecule has 3 rings (SSSR count). The third-order valence-corrected chi connectivity index (χ3v) is 4.75. The number of guanidine groups is 1. The molecule has 1 aromatic heterocycles. The van der Waals surface area contributed by atoms with Crippen molar-refractivity contribution in [3.05, 3.63) is 11.6 Å². The molecule has 0 atom stereocenters. The van der Waals surface area contributed by atoms with Gasteiger partial charge in [0.2, 0.25) is 0 Å². The molecule has 2 heterocycles. The molecule has 1 aliphatic carbocycles. The van der Waals surface area contributed by atoms with E-state index in [0.29, 0.717) is 6.04 Å². The second-order valence-corrected chi connectivity index (χ2v) is 6.37. The van der Waals surface area contributed by atoms with Gasteiger partial charge in [0.15, 0.2) is 5.96 Å². The van der Waals surface area contributed by atoms with E-state index in [9.17, 15) is 0 Å². The minimum absolute atomic E-state index is 0. The number of nitrogens with one attached hydrogen (secondary N) is 2. The van der Waals surface area contributed by atoms with Crippen LogP contribution < -0.4 is 10.6 Å². The SMILES string of the molecule is CN=C(NCCc1nnc2n1CCCCC2)NC1CCCC1.I. The maximum Gasteiger partial charge on any atom is 0.191 e. The molecule has 1 saturated carbocycles. The van der Waals surface area contributed by atoms with Crippen molar-refractivity contribution in [2.75, 3.05) is 13.6 Å². The summed E-state index contributed by atoms with van der Waals surface area (Å²) in [6.45, 7) is 1.93. The highest BCUT2D eigenvalue weighted by Gasteiger charge is 2.17. The predicted molar refractivity (Wildman–Crippen MR) is 103 cm³/mol. The Balaban J connectivity index is 0.00000192. The van der Waals surface area contributed by atoms with Crippen LogP contribution in [0.2, 0.25) is 0 Å². The van der Waals surface area contributed by atoms with Crippen LogP contribution in [0.15, 0.2) is 4.99 Å². The number of aryl methyl sites for hydroxylation is 1. The predicted octanol–water partition coefficient (Wildman–Crippen LogP) is 2.27. The van der Waals surface area contributed by atoms with E-state index in [1.54, 1.807) is 0 Å². The van der Waals surface area contributed by atoms with Gasteiger partial charge < -0.3 is 15.2 Å². The molecule has 0 bridgehead atoms. The van der Waals surface area contributed by atoms with Crippen LogP contribution >= 0.6 is 24.0 Å². The highest BCUT2D eigenvalue weighted by molar-refractivity contribution is 14.0. The Kier molecular flexibility index (Phi) is 7.58. The molecule has 130 valence electrons. The third-order valence-electron chi connectivity index (χ3n) is 4.75. The minimum atomic E-state index is 0. The van der Waals surface area contributed by atoms with Crippen LogP contribution in [-0.2, 0) is 19.4 Å². The molecular formula is C16H29IN6. The van der Waals surface area contributed by atoms with Gasteiger partial charge in [0, 0.05) is 39.0 Å². The van der Waals surface area contributed by atoms with Crippen molar-refractivity contribution in [1.29, 1.82) is 0 Å². The first-order valence-corrected chi connectivity index (χ1v) is 8.75. The fourth-order valence-corrected chi connectivity index (χ4v) is 3.48. The van der Waals surface area contributed by atoms with E-state index in [1.165, 1.54) is 50.8 Å². The Hall–Kier alpha value is -0.860. The molecule has 1 fully saturated rings. The number of aliphatic imine (C=N–C) groups is 1. The van der Waals surface area contributed by atoms with Crippen molar-refractivity contribution in [2.24, 2.45) is 4.99 Å². The Bertz CT molecular complexity index is 507. The van der Waals surface area contributed by atoms with Gasteiger partial charge in [-0.1, -0.05) is 19.3 Å². The van der Waals surface area contributed by atoms with Crippen molar-refractivity contribution >= 4 is 29.9 Å². The fraction of sp³-hybridized carbons (Fsp3) is 0.812. The zero-order valence-electron chi connectivity index (χ0n) is 14.1. The van der Waals surface area contributed by atoms with Gasteiger partial charge in [-0.2, -0.15) is 0 Å². The maximum absolute atomic E-state index is 4.38. The second-order valence-electron chi connectivity index (χ2n) is 6.37. The van der Waals surface area contributed by atoms with Crippen molar-refractivity contribution in [2.45, 2.75) is 70.4 Å². The van der Waals surface area contributed by atoms with E-state index in [1.807, 2.05) is 7.05 Å². The molecule has 23 heavy (non-hydrogen) atoms. The number of nitrogens with zero attached hydrogens (tertiary/aromatic N) is 4. The first-order valence-electron chi connectivity index (χ1n) is 8.75. The van der Waals surface area contributed by atoms with E-state index in [4.69, 9.17) is 0 Å². The molecular weight excluding hydrogens is 403 g/mol. The number of hydrogen-bond acceptors (Lipinski definition) is 3. The van der Waals surface area contributed by atoms with E-state index in [0.717, 1.165) is 37.7 Å². The number of rotatable bonds is 4. The maximum atomic E-state index is 4.38. The van der Waals surface area contributed by atoms with Gasteiger partial charge in [0.25, 0.3) is 0 Å². The van der Waals surface area contributed by atoms with Gasteiger partial charge in [-0.3, -0.25) is 4.99 Å². The molecule has 0 unspecified atom stereocenters. The lowest BCUT2D eigenvalue weighted by molar-refractivity contribution is 0.593. The first-order chi connectivity index (χ1) is 10.9. The zero-order valence-corrected chi connectivity index (χ0v) is 16.4. The van der Waals surface area contributed by atoms with Gasteiger partial charge in [-0.25, -0.2) is 0 Å². The van der Waals surface area contributed by atoms with Gasteiger partial charge >= 0.3 is 0 Å². The second kappa shape index (κ2) is 9.44. The largest absolute Gasteiger partial charge is 0.356 e. The number of aromatic nitrogens is 3. The Morgan fingerprint density at radius 1 is 1.17 bits per heavy atom. The van der Waals surface area contributed by atoms with E-state index < -0.39 is 0 Å². The van der Waals surface area contributed by atoms with Gasteiger partial charge in [-0.15, -0.1) is 34.2 Å². The van der Waals surface area contributed by atoms with Crippen LogP contribution in [-0.4, -0.2) is 40.4 Å². The highest BCUT2D eigenvalue weighted by atomic mass is 127. The topological polar surface area (TPSA) is 67.1 Å². The summed E-state index contributed by atoms with van der Waals surface area (Å²) in [5, 5.41) is 15.7. The lowest BCUT2D eigenvalue weighted by atomic mass is 10.2. The lowest BCUT2D eigenvalue weighted by Gasteiger charge is -2.16. The number of hydrogen-bond donors (Lipinski definition) is 2. The molecule has 0 spiro atoms. The molecule has 0 saturated heterocycles. The molecule has 1 aliphatic heterocycles. The normalized spacial score (nSPS) is 18.9. The van der Waals surface area contributed by atoms with Gasteiger partial charge in [-0.05, 0) is 25.7 Å². The molecule has 0 amide bonds. The highest BCUT2D eigenvalue weighted by Crippen LogP contribution is 2.17. The summed E-state index contributed by atoms with van der Waals surface area (Å²) in [6.07, 6.45) is 11.0. The van der Waals surface area contributed by atoms with Crippen LogP contribution in [0.3, 0.4) is 0 Å². The Labute approximate surface area is 155 Å². The Morgan fingerprint density at radius 3 is 2.78 bits per heavy atom. The van der Waals surface area contributed by atoms with Crippen molar-refractivity contribution < 1.29 is 0 Å². The summed E-state index contributed by atoms with van der Waals surface area (Å²) in [4.78, 5) is 4.32. The number of halogens is 1. The molecule has 2 N–H and O–H groups in total. The van der Waals surface area contributed by atoms with Crippen molar-refractivity contribution in [3.8, 4) is 0 Å². The zero-order chi connectivity index (χ0) is 15.2. The Morgan fingerprint density at radius 2 is 2.00 bits per heavy atom. The smallest absolute Gasteiger partial charge is 0.191 e. The van der Waals surface area contributed by atoms with Gasteiger partial charge in [0.05, 0.1) is 0 Å². The lowest BCUT2D eigenvalue weighted by Crippen LogP contribution is -2.43. The summed E-state index contributed by atoms with van der Waals surface area (Å²) in [5.41, 5.74) is 0. The summed E-state index contributed by atoms with van der Waals surface area (Å²) in [7, 11) is 1.84. The molecule has 0 radical (unpaired) electrons. The summed E-state index contributed by atoms with van der Waals surface area (Å²) in [5.74, 6) is 3.20. The van der Waals surface area contributed by atoms with E-state index in [2.05, 4.69) is 30.4 Å². The molecule has 6 nitrogen and oxygen atoms in total. The van der Waals surface area contributed by atoms with Crippen LogP contribution in [0.25, 0.3) is 0 Å². The average Bonchev–Trinajstić information content (AvgIpc) is 3.11. The minimum Gasteiger partial charge on any atom is -0.356 e. The molecule has 2 aliphatic rings. The monoisotopic (exact) mass is 432 g/mol. The van der Waals surface area contributed by atoms with Crippen LogP contribution in [0, 0.1) is 0 Å². The summed E-state index contributed by atoms with van der Waals surface area (Å²) >= 11 is 0. The molecule has 1 aromatic rings. The molecule has 0 aromatic carbocycles. The number of fused-ring (bicyclic) bond motifs is 1. The standard InChI is InChI=1S/C16H28N6.HI/c1-17-16(19-13-7-4-5-8-13)18-11-10-15-21-20-14-9-3-2-6-12-22(14)15;/h13H,2-12H2,1H3,(H2,17,18,19);1H. The van der Waals surface area contributed by atoms with E-state index >= 15 is 0 Å². The van der Waals surface area contributed by atoms with Crippen molar-refractivity contribution in [1.82, 2.24) is 25.4 Å². The van der Waals surface area contributed by atoms with E-state index in [-0.39, 0.29) is 24.0 Å². The summed E-state index contributed by atoms with van der Waals surface area (Å²) < 4.78 is 2.32. The third kappa shape index (κ3) is 5.06. The van der Waals surface area contributed by atoms with Crippen LogP contribution in [0.1, 0.15) is 56.6 Å². The van der Waals surface area contributed by atoms with Crippen molar-refractivity contribution in [3.63, 3.8) is 0 Å². The van der Waals surface area contributed by atoms with Gasteiger partial charge in [0.1, 0.15) is 11.6 Å². The molecule has 7 heteroatoms. The van der Waals surface area contributed by atoms with Crippen LogP contribution in [0.5, 0.6) is 0 Å². The average molecular weight is 432 g/mol. The first kappa shape index (κ1) is 18.5. The quantitative estimate of drug-likeness (QED) is 0.435. The fourth-order valence-electron chi connectivity index (χ4n) is 3.48.